The predicted octanol–water partition coefficient (Wildman–Crippen LogP) is -2.04. The Morgan fingerprint density at radius 2 is 1.09 bits per heavy atom. The molecule has 0 heterocycles. The third-order valence-electron chi connectivity index (χ3n) is 0.172. The topological polar surface area (TPSA) is 118 Å². The SMILES string of the molecule is O=S(=O)(O)OS(=O)(=O)O.[NaH].[Ti]. The summed E-state index contributed by atoms with van der Waals surface area (Å²) in [6.07, 6.45) is 0. The van der Waals surface area contributed by atoms with Crippen LogP contribution in [0, 0.1) is 0 Å². The average molecular weight is 250 g/mol. The summed E-state index contributed by atoms with van der Waals surface area (Å²) in [5.41, 5.74) is 0. The Morgan fingerprint density at radius 1 is 0.909 bits per heavy atom. The molecule has 0 unspecified atom stereocenters. The van der Waals surface area contributed by atoms with E-state index >= 15 is 0 Å². The zero-order valence-electron chi connectivity index (χ0n) is 4.25. The fourth-order valence-corrected chi connectivity index (χ4v) is 0.978. The molecule has 0 bridgehead atoms. The second-order valence-electron chi connectivity index (χ2n) is 0.924. The zero-order valence-corrected chi connectivity index (χ0v) is 7.45. The molecule has 11 heavy (non-hydrogen) atoms. The normalized spacial score (nSPS) is 11.1. The number of rotatable bonds is 2. The van der Waals surface area contributed by atoms with Crippen LogP contribution < -0.4 is 0 Å². The second-order valence-corrected chi connectivity index (χ2v) is 3.18. The van der Waals surface area contributed by atoms with E-state index in [4.69, 9.17) is 9.11 Å². The Balaban J connectivity index is -0.000000320. The average Bonchev–Trinajstić information content (AvgIpc) is 1.14. The molecule has 0 aromatic carbocycles. The van der Waals surface area contributed by atoms with Crippen molar-refractivity contribution in [3.8, 4) is 0 Å². The van der Waals surface area contributed by atoms with Gasteiger partial charge in [0.25, 0.3) is 0 Å². The minimum absolute atomic E-state index is 0. The molecule has 0 aliphatic heterocycles. The smallest absolute Gasteiger partial charge is 0 e. The standard InChI is InChI=1S/Na.H2O7S2.Ti.H/c;1-8(2,3)7-9(4,5)6;;/h;(H,1,2,3)(H,4,5,6);;. The van der Waals surface area contributed by atoms with Gasteiger partial charge in [0.2, 0.25) is 0 Å². The molecular formula is H3NaO7S2Ti. The van der Waals surface area contributed by atoms with Gasteiger partial charge in [-0.2, -0.15) is 16.8 Å². The van der Waals surface area contributed by atoms with Gasteiger partial charge >= 0.3 is 50.4 Å². The fraction of sp³-hybridized carbons (Fsp3) is 0. The molecule has 0 amide bonds. The van der Waals surface area contributed by atoms with E-state index in [1.165, 1.54) is 0 Å². The summed E-state index contributed by atoms with van der Waals surface area (Å²) >= 11 is 0. The first kappa shape index (κ1) is 18.3. The third kappa shape index (κ3) is 18.4. The van der Waals surface area contributed by atoms with Crippen molar-refractivity contribution in [1.82, 2.24) is 0 Å². The molecule has 11 heteroatoms. The van der Waals surface area contributed by atoms with Crippen molar-refractivity contribution in [2.75, 3.05) is 0 Å². The van der Waals surface area contributed by atoms with Crippen LogP contribution in [0.15, 0.2) is 0 Å². The fourth-order valence-electron chi connectivity index (χ4n) is 0.109. The van der Waals surface area contributed by atoms with Gasteiger partial charge in [-0.25, -0.2) is 0 Å². The van der Waals surface area contributed by atoms with Crippen molar-refractivity contribution >= 4 is 50.4 Å². The maximum absolute atomic E-state index is 9.44. The molecular weight excluding hydrogens is 247 g/mol. The molecule has 0 aliphatic carbocycles. The van der Waals surface area contributed by atoms with Crippen molar-refractivity contribution in [2.24, 2.45) is 0 Å². The van der Waals surface area contributed by atoms with Crippen LogP contribution in [0.4, 0.5) is 0 Å². The number of hydrogen-bond donors (Lipinski definition) is 2. The van der Waals surface area contributed by atoms with Gasteiger partial charge in [-0.1, -0.05) is 0 Å². The van der Waals surface area contributed by atoms with E-state index in [2.05, 4.69) is 3.63 Å². The van der Waals surface area contributed by atoms with Gasteiger partial charge < -0.3 is 0 Å². The summed E-state index contributed by atoms with van der Waals surface area (Å²) in [5.74, 6) is 0. The van der Waals surface area contributed by atoms with Crippen LogP contribution >= 0.6 is 0 Å². The van der Waals surface area contributed by atoms with Gasteiger partial charge in [-0.15, -0.1) is 3.63 Å². The zero-order chi connectivity index (χ0) is 7.71. The summed E-state index contributed by atoms with van der Waals surface area (Å²) in [6.45, 7) is 0. The van der Waals surface area contributed by atoms with Crippen molar-refractivity contribution in [3.05, 3.63) is 0 Å². The first-order valence-electron chi connectivity index (χ1n) is 1.37. The van der Waals surface area contributed by atoms with E-state index in [9.17, 15) is 16.8 Å². The predicted molar refractivity (Wildman–Crippen MR) is 31.3 cm³/mol. The molecule has 0 saturated heterocycles. The minimum atomic E-state index is -5.12. The molecule has 7 nitrogen and oxygen atoms in total. The van der Waals surface area contributed by atoms with Crippen LogP contribution in [0.2, 0.25) is 0 Å². The third-order valence-corrected chi connectivity index (χ3v) is 1.55. The molecule has 2 N–H and O–H groups in total. The second kappa shape index (κ2) is 6.03. The molecule has 0 fully saturated rings. The Bertz CT molecular complexity index is 242. The van der Waals surface area contributed by atoms with E-state index < -0.39 is 20.8 Å². The molecule has 0 aromatic heterocycles. The van der Waals surface area contributed by atoms with Crippen LogP contribution in [-0.2, 0) is 46.1 Å². The van der Waals surface area contributed by atoms with Gasteiger partial charge in [0.15, 0.2) is 0 Å². The van der Waals surface area contributed by atoms with Crippen molar-refractivity contribution in [2.45, 2.75) is 0 Å². The molecule has 0 saturated carbocycles. The maximum atomic E-state index is 9.44. The van der Waals surface area contributed by atoms with Crippen LogP contribution in [0.1, 0.15) is 0 Å². The molecule has 0 spiro atoms. The molecule has 0 aromatic rings. The van der Waals surface area contributed by atoms with Crippen LogP contribution in [0.25, 0.3) is 0 Å². The largest absolute Gasteiger partial charge is 0 e. The molecule has 0 aliphatic rings. The Kier molecular flexibility index (Phi) is 10.0. The van der Waals surface area contributed by atoms with Gasteiger partial charge in [-0.3, -0.25) is 9.11 Å². The van der Waals surface area contributed by atoms with Crippen molar-refractivity contribution in [1.29, 1.82) is 0 Å². The molecule has 0 rings (SSSR count). The summed E-state index contributed by atoms with van der Waals surface area (Å²) in [5, 5.41) is 0. The Hall–Kier alpha value is 1.49. The molecule has 0 atom stereocenters. The van der Waals surface area contributed by atoms with Crippen LogP contribution in [0.5, 0.6) is 0 Å². The summed E-state index contributed by atoms with van der Waals surface area (Å²) < 4.78 is 55.6. The van der Waals surface area contributed by atoms with E-state index in [0.717, 1.165) is 0 Å². The van der Waals surface area contributed by atoms with E-state index in [-0.39, 0.29) is 51.3 Å². The van der Waals surface area contributed by atoms with E-state index in [0.29, 0.717) is 0 Å². The van der Waals surface area contributed by atoms with Gasteiger partial charge in [-0.05, 0) is 0 Å². The summed E-state index contributed by atoms with van der Waals surface area (Å²) in [4.78, 5) is 0. The first-order valence-corrected chi connectivity index (χ1v) is 4.10. The van der Waals surface area contributed by atoms with Crippen LogP contribution in [0.3, 0.4) is 0 Å². The van der Waals surface area contributed by atoms with Gasteiger partial charge in [0, 0.05) is 21.7 Å². The van der Waals surface area contributed by atoms with Crippen molar-refractivity contribution in [3.63, 3.8) is 0 Å². The molecule has 0 radical (unpaired) electrons. The Labute approximate surface area is 101 Å². The van der Waals surface area contributed by atoms with Gasteiger partial charge in [0.1, 0.15) is 0 Å². The van der Waals surface area contributed by atoms with Crippen molar-refractivity contribution < 1.29 is 51.3 Å². The molecule has 62 valence electrons. The monoisotopic (exact) mass is 250 g/mol. The summed E-state index contributed by atoms with van der Waals surface area (Å²) in [7, 11) is -10.2. The maximum Gasteiger partial charge on any atom is 0 e. The Morgan fingerprint density at radius 3 is 1.09 bits per heavy atom. The summed E-state index contributed by atoms with van der Waals surface area (Å²) in [6, 6.07) is 0. The van der Waals surface area contributed by atoms with Crippen LogP contribution in [-0.4, -0.2) is 55.5 Å². The number of hydrogen-bond acceptors (Lipinski definition) is 5. The minimum Gasteiger partial charge on any atom is 0 e. The first-order chi connectivity index (χ1) is 3.71. The van der Waals surface area contributed by atoms with Gasteiger partial charge in [0.05, 0.1) is 0 Å². The quantitative estimate of drug-likeness (QED) is 0.428. The van der Waals surface area contributed by atoms with E-state index in [1.807, 2.05) is 0 Å². The van der Waals surface area contributed by atoms with E-state index in [1.54, 1.807) is 0 Å².